The maximum Gasteiger partial charge on any atom is 0.252 e. The number of anilines is 1. The summed E-state index contributed by atoms with van der Waals surface area (Å²) in [6.45, 7) is 0. The number of nitrogens with one attached hydrogen (secondary N) is 2. The lowest BCUT2D eigenvalue weighted by Crippen LogP contribution is -2.34. The second kappa shape index (κ2) is 6.26. The Kier molecular flexibility index (Phi) is 4.66. The third-order valence-corrected chi connectivity index (χ3v) is 3.85. The second-order valence-corrected chi connectivity index (χ2v) is 5.45. The van der Waals surface area contributed by atoms with Crippen LogP contribution >= 0.6 is 11.6 Å². The first kappa shape index (κ1) is 14.2. The first-order valence-corrected chi connectivity index (χ1v) is 7.01. The van der Waals surface area contributed by atoms with E-state index >= 15 is 0 Å². The number of halogens is 1. The molecular formula is C14H20ClN3O. The number of nitrogens with two attached hydrogens (primary N) is 1. The van der Waals surface area contributed by atoms with Crippen molar-refractivity contribution < 1.29 is 4.79 Å². The molecule has 4 N–H and O–H groups in total. The largest absolute Gasteiger partial charge is 0.382 e. The number of carbonyl (C=O) groups excluding carboxylic acids is 1. The summed E-state index contributed by atoms with van der Waals surface area (Å²) < 4.78 is 0. The van der Waals surface area contributed by atoms with Crippen LogP contribution in [0.2, 0.25) is 5.02 Å². The maximum atomic E-state index is 11.7. The SMILES string of the molecule is CNC(=O)c1cc(NC2CCCC(N)C2)ccc1Cl. The van der Waals surface area contributed by atoms with Gasteiger partial charge in [-0.1, -0.05) is 11.6 Å². The van der Waals surface area contributed by atoms with Gasteiger partial charge >= 0.3 is 0 Å². The summed E-state index contributed by atoms with van der Waals surface area (Å²) in [6, 6.07) is 6.09. The van der Waals surface area contributed by atoms with E-state index in [4.69, 9.17) is 17.3 Å². The van der Waals surface area contributed by atoms with E-state index in [1.54, 1.807) is 19.2 Å². The average Bonchev–Trinajstić information content (AvgIpc) is 2.40. The Labute approximate surface area is 118 Å². The van der Waals surface area contributed by atoms with Crippen molar-refractivity contribution in [3.63, 3.8) is 0 Å². The third kappa shape index (κ3) is 3.61. The molecule has 5 heteroatoms. The fourth-order valence-corrected chi connectivity index (χ4v) is 2.72. The van der Waals surface area contributed by atoms with Gasteiger partial charge in [0.05, 0.1) is 10.6 Å². The van der Waals surface area contributed by atoms with Gasteiger partial charge in [0.25, 0.3) is 5.91 Å². The fourth-order valence-electron chi connectivity index (χ4n) is 2.52. The highest BCUT2D eigenvalue weighted by molar-refractivity contribution is 6.34. The number of amides is 1. The van der Waals surface area contributed by atoms with Gasteiger partial charge in [-0.3, -0.25) is 4.79 Å². The summed E-state index contributed by atoms with van der Waals surface area (Å²) in [4.78, 5) is 11.7. The van der Waals surface area contributed by atoms with Gasteiger partial charge in [0.1, 0.15) is 0 Å². The summed E-state index contributed by atoms with van der Waals surface area (Å²) in [5, 5.41) is 6.49. The lowest BCUT2D eigenvalue weighted by Gasteiger charge is -2.28. The first-order chi connectivity index (χ1) is 9.10. The number of hydrogen-bond acceptors (Lipinski definition) is 3. The van der Waals surface area contributed by atoms with Gasteiger partial charge in [-0.25, -0.2) is 0 Å². The van der Waals surface area contributed by atoms with Gasteiger partial charge in [-0.05, 0) is 43.9 Å². The van der Waals surface area contributed by atoms with Crippen LogP contribution < -0.4 is 16.4 Å². The number of hydrogen-bond donors (Lipinski definition) is 3. The molecule has 104 valence electrons. The van der Waals surface area contributed by atoms with E-state index in [1.807, 2.05) is 6.07 Å². The predicted molar refractivity (Wildman–Crippen MR) is 78.7 cm³/mol. The molecule has 1 amide bonds. The van der Waals surface area contributed by atoms with Gasteiger partial charge < -0.3 is 16.4 Å². The van der Waals surface area contributed by atoms with Gasteiger partial charge in [0.2, 0.25) is 0 Å². The summed E-state index contributed by atoms with van der Waals surface area (Å²) in [5.74, 6) is -0.172. The van der Waals surface area contributed by atoms with E-state index < -0.39 is 0 Å². The number of rotatable bonds is 3. The Balaban J connectivity index is 2.10. The molecule has 1 aliphatic rings. The monoisotopic (exact) mass is 281 g/mol. The molecule has 0 saturated heterocycles. The molecule has 0 heterocycles. The van der Waals surface area contributed by atoms with Gasteiger partial charge in [0, 0.05) is 24.8 Å². The standard InChI is InChI=1S/C14H20ClN3O/c1-17-14(19)12-8-11(5-6-13(12)15)18-10-4-2-3-9(16)7-10/h5-6,8-10,18H,2-4,7,16H2,1H3,(H,17,19). The molecular weight excluding hydrogens is 262 g/mol. The molecule has 0 aromatic heterocycles. The van der Waals surface area contributed by atoms with Gasteiger partial charge in [-0.15, -0.1) is 0 Å². The molecule has 4 nitrogen and oxygen atoms in total. The van der Waals surface area contributed by atoms with Crippen LogP contribution in [0.15, 0.2) is 18.2 Å². The Bertz CT molecular complexity index is 464. The zero-order valence-corrected chi connectivity index (χ0v) is 11.8. The Morgan fingerprint density at radius 3 is 2.89 bits per heavy atom. The van der Waals surface area contributed by atoms with E-state index in [9.17, 15) is 4.79 Å². The van der Waals surface area contributed by atoms with Crippen molar-refractivity contribution in [3.05, 3.63) is 28.8 Å². The highest BCUT2D eigenvalue weighted by atomic mass is 35.5. The van der Waals surface area contributed by atoms with E-state index in [2.05, 4.69) is 10.6 Å². The molecule has 2 unspecified atom stereocenters. The summed E-state index contributed by atoms with van der Waals surface area (Å²) in [7, 11) is 1.60. The fraction of sp³-hybridized carbons (Fsp3) is 0.500. The number of benzene rings is 1. The summed E-state index contributed by atoms with van der Waals surface area (Å²) in [5.41, 5.74) is 7.39. The highest BCUT2D eigenvalue weighted by Crippen LogP contribution is 2.24. The third-order valence-electron chi connectivity index (χ3n) is 3.52. The van der Waals surface area contributed by atoms with E-state index in [1.165, 1.54) is 0 Å². The van der Waals surface area contributed by atoms with Crippen LogP contribution in [0.5, 0.6) is 0 Å². The molecule has 0 spiro atoms. The minimum Gasteiger partial charge on any atom is -0.382 e. The molecule has 1 aromatic carbocycles. The molecule has 0 aliphatic heterocycles. The predicted octanol–water partition coefficient (Wildman–Crippen LogP) is 2.38. The van der Waals surface area contributed by atoms with Crippen molar-refractivity contribution in [2.75, 3.05) is 12.4 Å². The van der Waals surface area contributed by atoms with Crippen LogP contribution in [0.1, 0.15) is 36.0 Å². The zero-order valence-electron chi connectivity index (χ0n) is 11.1. The van der Waals surface area contributed by atoms with Crippen molar-refractivity contribution in [2.24, 2.45) is 5.73 Å². The summed E-state index contributed by atoms with van der Waals surface area (Å²) in [6.07, 6.45) is 4.33. The Morgan fingerprint density at radius 1 is 1.42 bits per heavy atom. The molecule has 19 heavy (non-hydrogen) atoms. The van der Waals surface area contributed by atoms with Crippen LogP contribution in [0.4, 0.5) is 5.69 Å². The summed E-state index contributed by atoms with van der Waals surface area (Å²) >= 11 is 6.03. The molecule has 1 fully saturated rings. The lowest BCUT2D eigenvalue weighted by atomic mass is 9.91. The number of carbonyl (C=O) groups is 1. The smallest absolute Gasteiger partial charge is 0.252 e. The van der Waals surface area contributed by atoms with E-state index in [0.29, 0.717) is 16.6 Å². The highest BCUT2D eigenvalue weighted by Gasteiger charge is 2.19. The minimum atomic E-state index is -0.172. The van der Waals surface area contributed by atoms with E-state index in [0.717, 1.165) is 31.4 Å². The minimum absolute atomic E-state index is 0.172. The van der Waals surface area contributed by atoms with E-state index in [-0.39, 0.29) is 11.9 Å². The quantitative estimate of drug-likeness (QED) is 0.797. The average molecular weight is 282 g/mol. The maximum absolute atomic E-state index is 11.7. The van der Waals surface area contributed by atoms with Crippen LogP contribution in [0.25, 0.3) is 0 Å². The topological polar surface area (TPSA) is 67.2 Å². The lowest BCUT2D eigenvalue weighted by molar-refractivity contribution is 0.0963. The van der Waals surface area contributed by atoms with Crippen molar-refractivity contribution in [2.45, 2.75) is 37.8 Å². The van der Waals surface area contributed by atoms with Crippen LogP contribution in [-0.2, 0) is 0 Å². The van der Waals surface area contributed by atoms with Gasteiger partial charge in [-0.2, -0.15) is 0 Å². The van der Waals surface area contributed by atoms with Crippen molar-refractivity contribution in [1.82, 2.24) is 5.32 Å². The normalized spacial score (nSPS) is 22.9. The molecule has 1 aromatic rings. The van der Waals surface area contributed by atoms with Gasteiger partial charge in [0.15, 0.2) is 0 Å². The molecule has 2 rings (SSSR count). The zero-order chi connectivity index (χ0) is 13.8. The van der Waals surface area contributed by atoms with Crippen molar-refractivity contribution >= 4 is 23.2 Å². The van der Waals surface area contributed by atoms with Crippen molar-refractivity contribution in [1.29, 1.82) is 0 Å². The second-order valence-electron chi connectivity index (χ2n) is 5.04. The van der Waals surface area contributed by atoms with Crippen LogP contribution in [0.3, 0.4) is 0 Å². The molecule has 2 atom stereocenters. The Hall–Kier alpha value is -1.26. The van der Waals surface area contributed by atoms with Crippen LogP contribution in [0, 0.1) is 0 Å². The molecule has 1 saturated carbocycles. The molecule has 1 aliphatic carbocycles. The van der Waals surface area contributed by atoms with Crippen LogP contribution in [-0.4, -0.2) is 25.0 Å². The Morgan fingerprint density at radius 2 is 2.21 bits per heavy atom. The molecule has 0 bridgehead atoms. The first-order valence-electron chi connectivity index (χ1n) is 6.64. The van der Waals surface area contributed by atoms with Crippen molar-refractivity contribution in [3.8, 4) is 0 Å². The molecule has 0 radical (unpaired) electrons.